The predicted octanol–water partition coefficient (Wildman–Crippen LogP) is 2.08. The summed E-state index contributed by atoms with van der Waals surface area (Å²) in [6, 6.07) is 10.9. The van der Waals surface area contributed by atoms with Crippen LogP contribution in [0.1, 0.15) is 12.5 Å². The summed E-state index contributed by atoms with van der Waals surface area (Å²) >= 11 is 0. The van der Waals surface area contributed by atoms with Gasteiger partial charge in [-0.15, -0.1) is 0 Å². The van der Waals surface area contributed by atoms with Crippen LogP contribution in [0.15, 0.2) is 42.7 Å². The van der Waals surface area contributed by atoms with E-state index in [4.69, 9.17) is 0 Å². The highest BCUT2D eigenvalue weighted by molar-refractivity contribution is 5.55. The molecule has 3 rings (SSSR count). The van der Waals surface area contributed by atoms with Gasteiger partial charge in [0.1, 0.15) is 5.82 Å². The first kappa shape index (κ1) is 9.60. The number of nitrogens with one attached hydrogen (secondary N) is 1. The molecular weight excluding hydrogens is 198 g/mol. The highest BCUT2D eigenvalue weighted by Crippen LogP contribution is 2.23. The lowest BCUT2D eigenvalue weighted by Crippen LogP contribution is -2.13. The Morgan fingerprint density at radius 1 is 1.25 bits per heavy atom. The maximum absolute atomic E-state index is 4.47. The molecule has 0 amide bonds. The average molecular weight is 213 g/mol. The van der Waals surface area contributed by atoms with Crippen molar-refractivity contribution in [2.45, 2.75) is 12.5 Å². The molecule has 0 bridgehead atoms. The fourth-order valence-corrected chi connectivity index (χ4v) is 2.30. The summed E-state index contributed by atoms with van der Waals surface area (Å²) in [5.74, 6) is 1.08. The van der Waals surface area contributed by atoms with Crippen molar-refractivity contribution < 1.29 is 0 Å². The molecule has 3 nitrogen and oxygen atoms in total. The molecule has 1 atom stereocenters. The van der Waals surface area contributed by atoms with Crippen molar-refractivity contribution in [2.75, 3.05) is 13.1 Å². The van der Waals surface area contributed by atoms with Crippen molar-refractivity contribution in [1.29, 1.82) is 0 Å². The molecule has 3 heteroatoms. The Hall–Kier alpha value is -1.61. The summed E-state index contributed by atoms with van der Waals surface area (Å²) in [7, 11) is 0. The molecule has 1 unspecified atom stereocenters. The predicted molar refractivity (Wildman–Crippen MR) is 64.2 cm³/mol. The Bertz CT molecular complexity index is 455. The molecule has 0 spiro atoms. The van der Waals surface area contributed by atoms with Crippen molar-refractivity contribution in [3.63, 3.8) is 0 Å². The summed E-state index contributed by atoms with van der Waals surface area (Å²) in [5, 5.41) is 3.39. The van der Waals surface area contributed by atoms with Gasteiger partial charge in [-0.1, -0.05) is 30.3 Å². The van der Waals surface area contributed by atoms with Crippen LogP contribution in [0.25, 0.3) is 11.4 Å². The van der Waals surface area contributed by atoms with E-state index in [-0.39, 0.29) is 0 Å². The summed E-state index contributed by atoms with van der Waals surface area (Å²) < 4.78 is 2.29. The van der Waals surface area contributed by atoms with Gasteiger partial charge < -0.3 is 9.88 Å². The topological polar surface area (TPSA) is 29.9 Å². The summed E-state index contributed by atoms with van der Waals surface area (Å²) in [6.45, 7) is 2.16. The highest BCUT2D eigenvalue weighted by atomic mass is 15.1. The standard InChI is InChI=1S/C13H15N3/c1-2-4-11(5-3-1)13-15-8-9-16(13)12-6-7-14-10-12/h1-5,8-9,12,14H,6-7,10H2. The lowest BCUT2D eigenvalue weighted by molar-refractivity contribution is 0.552. The van der Waals surface area contributed by atoms with Gasteiger partial charge in [0, 0.05) is 30.5 Å². The molecule has 1 aliphatic rings. The van der Waals surface area contributed by atoms with Crippen LogP contribution in [0.4, 0.5) is 0 Å². The van der Waals surface area contributed by atoms with Crippen LogP contribution in [0.2, 0.25) is 0 Å². The molecule has 1 aromatic carbocycles. The van der Waals surface area contributed by atoms with E-state index in [2.05, 4.69) is 45.3 Å². The van der Waals surface area contributed by atoms with Gasteiger partial charge in [0.15, 0.2) is 0 Å². The lowest BCUT2D eigenvalue weighted by Gasteiger charge is -2.14. The van der Waals surface area contributed by atoms with Crippen molar-refractivity contribution >= 4 is 0 Å². The van der Waals surface area contributed by atoms with Gasteiger partial charge in [0.2, 0.25) is 0 Å². The second kappa shape index (κ2) is 4.10. The van der Waals surface area contributed by atoms with E-state index in [1.54, 1.807) is 0 Å². The summed E-state index contributed by atoms with van der Waals surface area (Å²) in [6.07, 6.45) is 5.16. The summed E-state index contributed by atoms with van der Waals surface area (Å²) in [5.41, 5.74) is 1.19. The number of imidazole rings is 1. The maximum Gasteiger partial charge on any atom is 0.140 e. The van der Waals surface area contributed by atoms with Crippen LogP contribution in [-0.4, -0.2) is 22.6 Å². The number of benzene rings is 1. The van der Waals surface area contributed by atoms with E-state index in [0.717, 1.165) is 18.9 Å². The normalized spacial score (nSPS) is 20.1. The van der Waals surface area contributed by atoms with Crippen LogP contribution in [0.3, 0.4) is 0 Å². The largest absolute Gasteiger partial charge is 0.327 e. The Balaban J connectivity index is 1.99. The van der Waals surface area contributed by atoms with Crippen LogP contribution in [-0.2, 0) is 0 Å². The van der Waals surface area contributed by atoms with Gasteiger partial charge in [-0.3, -0.25) is 0 Å². The average Bonchev–Trinajstić information content (AvgIpc) is 3.01. The second-order valence-electron chi connectivity index (χ2n) is 4.17. The number of hydrogen-bond donors (Lipinski definition) is 1. The molecule has 0 radical (unpaired) electrons. The first-order valence-corrected chi connectivity index (χ1v) is 5.74. The number of rotatable bonds is 2. The number of aromatic nitrogens is 2. The molecule has 2 heterocycles. The molecule has 2 aromatic rings. The Labute approximate surface area is 95.1 Å². The van der Waals surface area contributed by atoms with Gasteiger partial charge in [0.25, 0.3) is 0 Å². The minimum absolute atomic E-state index is 0.553. The fourth-order valence-electron chi connectivity index (χ4n) is 2.30. The zero-order chi connectivity index (χ0) is 10.8. The lowest BCUT2D eigenvalue weighted by atomic mass is 10.2. The van der Waals surface area contributed by atoms with Crippen molar-refractivity contribution in [1.82, 2.24) is 14.9 Å². The molecule has 1 N–H and O–H groups in total. The van der Waals surface area contributed by atoms with Crippen LogP contribution in [0, 0.1) is 0 Å². The molecule has 1 saturated heterocycles. The molecule has 1 aliphatic heterocycles. The van der Waals surface area contributed by atoms with Gasteiger partial charge in [-0.2, -0.15) is 0 Å². The van der Waals surface area contributed by atoms with E-state index >= 15 is 0 Å². The molecule has 1 fully saturated rings. The molecule has 0 aliphatic carbocycles. The fraction of sp³-hybridized carbons (Fsp3) is 0.308. The van der Waals surface area contributed by atoms with Gasteiger partial charge >= 0.3 is 0 Å². The third kappa shape index (κ3) is 1.63. The van der Waals surface area contributed by atoms with E-state index < -0.39 is 0 Å². The SMILES string of the molecule is c1ccc(-c2nccn2C2CCNC2)cc1. The first-order chi connectivity index (χ1) is 7.95. The Morgan fingerprint density at radius 3 is 2.88 bits per heavy atom. The zero-order valence-electron chi connectivity index (χ0n) is 9.13. The van der Waals surface area contributed by atoms with Gasteiger partial charge in [-0.25, -0.2) is 4.98 Å². The number of hydrogen-bond acceptors (Lipinski definition) is 2. The molecule has 16 heavy (non-hydrogen) atoms. The Morgan fingerprint density at radius 2 is 2.12 bits per heavy atom. The zero-order valence-corrected chi connectivity index (χ0v) is 9.13. The van der Waals surface area contributed by atoms with Gasteiger partial charge in [-0.05, 0) is 13.0 Å². The van der Waals surface area contributed by atoms with Crippen molar-refractivity contribution in [3.8, 4) is 11.4 Å². The first-order valence-electron chi connectivity index (χ1n) is 5.74. The van der Waals surface area contributed by atoms with E-state index in [0.29, 0.717) is 6.04 Å². The summed E-state index contributed by atoms with van der Waals surface area (Å²) in [4.78, 5) is 4.47. The van der Waals surface area contributed by atoms with Crippen LogP contribution in [0.5, 0.6) is 0 Å². The third-order valence-electron chi connectivity index (χ3n) is 3.13. The molecule has 0 saturated carbocycles. The smallest absolute Gasteiger partial charge is 0.140 e. The van der Waals surface area contributed by atoms with Gasteiger partial charge in [0.05, 0.1) is 0 Å². The minimum atomic E-state index is 0.553. The van der Waals surface area contributed by atoms with E-state index in [9.17, 15) is 0 Å². The molecule has 1 aromatic heterocycles. The minimum Gasteiger partial charge on any atom is -0.327 e. The van der Waals surface area contributed by atoms with Crippen LogP contribution < -0.4 is 5.32 Å². The van der Waals surface area contributed by atoms with E-state index in [1.807, 2.05) is 12.3 Å². The van der Waals surface area contributed by atoms with Crippen molar-refractivity contribution in [3.05, 3.63) is 42.7 Å². The van der Waals surface area contributed by atoms with E-state index in [1.165, 1.54) is 12.0 Å². The second-order valence-corrected chi connectivity index (χ2v) is 4.17. The molecular formula is C13H15N3. The Kier molecular flexibility index (Phi) is 2.46. The third-order valence-corrected chi connectivity index (χ3v) is 3.13. The maximum atomic E-state index is 4.47. The highest BCUT2D eigenvalue weighted by Gasteiger charge is 2.19. The number of nitrogens with zero attached hydrogens (tertiary/aromatic N) is 2. The van der Waals surface area contributed by atoms with Crippen molar-refractivity contribution in [2.24, 2.45) is 0 Å². The molecule has 82 valence electrons. The quantitative estimate of drug-likeness (QED) is 0.827. The monoisotopic (exact) mass is 213 g/mol. The van der Waals surface area contributed by atoms with Crippen LogP contribution >= 0.6 is 0 Å².